The normalized spacial score (nSPS) is 18.4. The van der Waals surface area contributed by atoms with Gasteiger partial charge in [-0.3, -0.25) is 9.59 Å². The predicted molar refractivity (Wildman–Crippen MR) is 79.9 cm³/mol. The smallest absolute Gasteiger partial charge is 0.243 e. The summed E-state index contributed by atoms with van der Waals surface area (Å²) in [5.41, 5.74) is 0.988. The van der Waals surface area contributed by atoms with E-state index in [0.717, 1.165) is 17.7 Å². The topological polar surface area (TPSA) is 67.4 Å². The van der Waals surface area contributed by atoms with Gasteiger partial charge in [-0.25, -0.2) is 0 Å². The zero-order valence-electron chi connectivity index (χ0n) is 12.7. The largest absolute Gasteiger partial charge is 0.493 e. The van der Waals surface area contributed by atoms with Gasteiger partial charge in [-0.1, -0.05) is 32.0 Å². The number of amides is 2. The summed E-state index contributed by atoms with van der Waals surface area (Å²) in [7, 11) is 0. The van der Waals surface area contributed by atoms with E-state index in [9.17, 15) is 9.59 Å². The van der Waals surface area contributed by atoms with Gasteiger partial charge >= 0.3 is 0 Å². The first-order valence-corrected chi connectivity index (χ1v) is 7.28. The van der Waals surface area contributed by atoms with Crippen LogP contribution in [0.1, 0.15) is 38.8 Å². The number of benzene rings is 1. The first kappa shape index (κ1) is 15.4. The van der Waals surface area contributed by atoms with Crippen molar-refractivity contribution < 1.29 is 14.3 Å². The number of nitrogens with one attached hydrogen (secondary N) is 2. The first-order valence-electron chi connectivity index (χ1n) is 7.28. The quantitative estimate of drug-likeness (QED) is 0.888. The minimum absolute atomic E-state index is 0.0315. The molecule has 0 spiro atoms. The van der Waals surface area contributed by atoms with Crippen LogP contribution in [0.5, 0.6) is 5.75 Å². The van der Waals surface area contributed by atoms with E-state index in [4.69, 9.17) is 4.74 Å². The van der Waals surface area contributed by atoms with E-state index in [2.05, 4.69) is 10.6 Å². The molecule has 1 aromatic rings. The zero-order valence-corrected chi connectivity index (χ0v) is 12.7. The average molecular weight is 290 g/mol. The fourth-order valence-electron chi connectivity index (χ4n) is 2.51. The van der Waals surface area contributed by atoms with Crippen molar-refractivity contribution in [1.29, 1.82) is 0 Å². The maximum Gasteiger partial charge on any atom is 0.243 e. The van der Waals surface area contributed by atoms with Crippen LogP contribution in [0.2, 0.25) is 0 Å². The summed E-state index contributed by atoms with van der Waals surface area (Å²) in [5.74, 6) is 0.497. The highest BCUT2D eigenvalue weighted by Gasteiger charge is 2.28. The van der Waals surface area contributed by atoms with E-state index < -0.39 is 6.04 Å². The van der Waals surface area contributed by atoms with Crippen LogP contribution in [0, 0.1) is 5.92 Å². The first-order chi connectivity index (χ1) is 9.99. The van der Waals surface area contributed by atoms with Crippen LogP contribution in [0.25, 0.3) is 0 Å². The Morgan fingerprint density at radius 2 is 2.00 bits per heavy atom. The molecule has 21 heavy (non-hydrogen) atoms. The van der Waals surface area contributed by atoms with Crippen molar-refractivity contribution in [2.45, 2.75) is 39.3 Å². The van der Waals surface area contributed by atoms with Crippen molar-refractivity contribution in [2.24, 2.45) is 5.92 Å². The van der Waals surface area contributed by atoms with E-state index in [1.165, 1.54) is 6.92 Å². The van der Waals surface area contributed by atoms with Gasteiger partial charge in [0.2, 0.25) is 11.8 Å². The fraction of sp³-hybridized carbons (Fsp3) is 0.500. The van der Waals surface area contributed by atoms with E-state index in [-0.39, 0.29) is 23.8 Å². The van der Waals surface area contributed by atoms with Gasteiger partial charge in [0, 0.05) is 18.9 Å². The maximum absolute atomic E-state index is 12.4. The number of rotatable bonds is 4. The second-order valence-electron chi connectivity index (χ2n) is 5.66. The SMILES string of the molecule is CC(=O)NC(C(=O)NC1CCOc2ccccc21)C(C)C. The number of carbonyl (C=O) groups is 2. The summed E-state index contributed by atoms with van der Waals surface area (Å²) in [6, 6.07) is 7.12. The second-order valence-corrected chi connectivity index (χ2v) is 5.66. The molecule has 2 unspecified atom stereocenters. The zero-order chi connectivity index (χ0) is 15.4. The molecule has 1 aliphatic heterocycles. The van der Waals surface area contributed by atoms with Gasteiger partial charge in [-0.2, -0.15) is 0 Å². The highest BCUT2D eigenvalue weighted by molar-refractivity contribution is 5.87. The van der Waals surface area contributed by atoms with Crippen LogP contribution in [0.4, 0.5) is 0 Å². The van der Waals surface area contributed by atoms with E-state index in [0.29, 0.717) is 6.61 Å². The molecule has 1 aliphatic rings. The van der Waals surface area contributed by atoms with Crippen molar-refractivity contribution in [1.82, 2.24) is 10.6 Å². The lowest BCUT2D eigenvalue weighted by Crippen LogP contribution is -2.50. The Morgan fingerprint density at radius 3 is 2.67 bits per heavy atom. The van der Waals surface area contributed by atoms with Crippen molar-refractivity contribution in [3.8, 4) is 5.75 Å². The number of ether oxygens (including phenoxy) is 1. The van der Waals surface area contributed by atoms with E-state index >= 15 is 0 Å². The number of fused-ring (bicyclic) bond motifs is 1. The summed E-state index contributed by atoms with van der Waals surface area (Å²) >= 11 is 0. The van der Waals surface area contributed by atoms with Gasteiger partial charge in [0.25, 0.3) is 0 Å². The molecule has 2 rings (SSSR count). The van der Waals surface area contributed by atoms with E-state index in [1.807, 2.05) is 38.1 Å². The van der Waals surface area contributed by atoms with Gasteiger partial charge in [0.1, 0.15) is 11.8 Å². The van der Waals surface area contributed by atoms with Crippen LogP contribution < -0.4 is 15.4 Å². The van der Waals surface area contributed by atoms with Gasteiger partial charge in [-0.15, -0.1) is 0 Å². The van der Waals surface area contributed by atoms with Crippen LogP contribution in [-0.4, -0.2) is 24.5 Å². The van der Waals surface area contributed by atoms with Crippen LogP contribution >= 0.6 is 0 Å². The Balaban J connectivity index is 2.10. The van der Waals surface area contributed by atoms with Gasteiger partial charge in [0.05, 0.1) is 12.6 Å². The molecule has 0 radical (unpaired) electrons. The highest BCUT2D eigenvalue weighted by Crippen LogP contribution is 2.31. The van der Waals surface area contributed by atoms with Gasteiger partial charge < -0.3 is 15.4 Å². The molecule has 5 heteroatoms. The van der Waals surface area contributed by atoms with Crippen LogP contribution in [0.15, 0.2) is 24.3 Å². The molecular formula is C16H22N2O3. The number of hydrogen-bond acceptors (Lipinski definition) is 3. The molecule has 114 valence electrons. The Morgan fingerprint density at radius 1 is 1.29 bits per heavy atom. The average Bonchev–Trinajstić information content (AvgIpc) is 2.44. The molecule has 0 saturated heterocycles. The predicted octanol–water partition coefficient (Wildman–Crippen LogP) is 1.79. The molecule has 5 nitrogen and oxygen atoms in total. The molecule has 1 heterocycles. The summed E-state index contributed by atoms with van der Waals surface area (Å²) in [5, 5.41) is 5.74. The summed E-state index contributed by atoms with van der Waals surface area (Å²) in [6.45, 7) is 5.83. The van der Waals surface area contributed by atoms with Crippen LogP contribution in [-0.2, 0) is 9.59 Å². The van der Waals surface area contributed by atoms with E-state index in [1.54, 1.807) is 0 Å². The molecule has 2 atom stereocenters. The fourth-order valence-corrected chi connectivity index (χ4v) is 2.51. The molecule has 1 aromatic carbocycles. The lowest BCUT2D eigenvalue weighted by molar-refractivity contribution is -0.129. The maximum atomic E-state index is 12.4. The third-order valence-electron chi connectivity index (χ3n) is 3.58. The molecular weight excluding hydrogens is 268 g/mol. The van der Waals surface area contributed by atoms with Gasteiger partial charge in [-0.05, 0) is 12.0 Å². The third kappa shape index (κ3) is 3.74. The Hall–Kier alpha value is -2.04. The van der Waals surface area contributed by atoms with Crippen molar-refractivity contribution in [3.63, 3.8) is 0 Å². The standard InChI is InChI=1S/C16H22N2O3/c1-10(2)15(17-11(3)19)16(20)18-13-8-9-21-14-7-5-4-6-12(13)14/h4-7,10,13,15H,8-9H2,1-3H3,(H,17,19)(H,18,20). The molecule has 2 amide bonds. The Kier molecular flexibility index (Phi) is 4.83. The minimum atomic E-state index is -0.516. The highest BCUT2D eigenvalue weighted by atomic mass is 16.5. The second kappa shape index (κ2) is 6.61. The Bertz CT molecular complexity index is 528. The molecule has 0 saturated carbocycles. The lowest BCUT2D eigenvalue weighted by atomic mass is 9.98. The summed E-state index contributed by atoms with van der Waals surface area (Å²) in [4.78, 5) is 23.7. The van der Waals surface area contributed by atoms with Crippen molar-refractivity contribution in [2.75, 3.05) is 6.61 Å². The number of para-hydroxylation sites is 1. The van der Waals surface area contributed by atoms with Crippen molar-refractivity contribution >= 4 is 11.8 Å². The number of hydrogen-bond donors (Lipinski definition) is 2. The number of carbonyl (C=O) groups excluding carboxylic acids is 2. The monoisotopic (exact) mass is 290 g/mol. The third-order valence-corrected chi connectivity index (χ3v) is 3.58. The van der Waals surface area contributed by atoms with Gasteiger partial charge in [0.15, 0.2) is 0 Å². The Labute approximate surface area is 125 Å². The summed E-state index contributed by atoms with van der Waals surface area (Å²) in [6.07, 6.45) is 0.730. The summed E-state index contributed by atoms with van der Waals surface area (Å²) < 4.78 is 5.59. The molecule has 2 N–H and O–H groups in total. The molecule has 0 bridgehead atoms. The van der Waals surface area contributed by atoms with Crippen LogP contribution in [0.3, 0.4) is 0 Å². The molecule has 0 fully saturated rings. The van der Waals surface area contributed by atoms with Crippen molar-refractivity contribution in [3.05, 3.63) is 29.8 Å². The lowest BCUT2D eigenvalue weighted by Gasteiger charge is -2.29. The molecule has 0 aliphatic carbocycles. The molecule has 0 aromatic heterocycles. The minimum Gasteiger partial charge on any atom is -0.493 e.